The number of aromatic nitrogens is 1. The highest BCUT2D eigenvalue weighted by Crippen LogP contribution is 2.43. The molecular weight excluding hydrogens is 472 g/mol. The molecule has 7 nitrogen and oxygen atoms in total. The van der Waals surface area contributed by atoms with Gasteiger partial charge in [-0.05, 0) is 55.4 Å². The van der Waals surface area contributed by atoms with E-state index in [4.69, 9.17) is 14.6 Å². The van der Waals surface area contributed by atoms with E-state index in [1.54, 1.807) is 13.3 Å². The molecule has 3 rings (SSSR count). The second-order valence-electron chi connectivity index (χ2n) is 9.29. The fraction of sp³-hybridized carbons (Fsp3) is 0.720. The van der Waals surface area contributed by atoms with Gasteiger partial charge in [-0.15, -0.1) is 11.8 Å². The van der Waals surface area contributed by atoms with E-state index >= 15 is 0 Å². The second-order valence-corrected chi connectivity index (χ2v) is 11.6. The minimum absolute atomic E-state index is 0.00375. The number of methoxy groups -OCH3 is 1. The molecular formula is C25H38N2O5S2. The zero-order valence-electron chi connectivity index (χ0n) is 20.1. The van der Waals surface area contributed by atoms with E-state index in [0.29, 0.717) is 36.6 Å². The van der Waals surface area contributed by atoms with Gasteiger partial charge in [0.15, 0.2) is 5.13 Å². The van der Waals surface area contributed by atoms with Crippen LogP contribution in [0.4, 0.5) is 5.13 Å². The molecule has 2 saturated carbocycles. The monoisotopic (exact) mass is 510 g/mol. The van der Waals surface area contributed by atoms with Crippen molar-refractivity contribution < 1.29 is 24.2 Å². The maximum absolute atomic E-state index is 12.7. The molecule has 34 heavy (non-hydrogen) atoms. The molecule has 2 aliphatic carbocycles. The first-order valence-electron chi connectivity index (χ1n) is 12.4. The van der Waals surface area contributed by atoms with E-state index in [-0.39, 0.29) is 11.7 Å². The van der Waals surface area contributed by atoms with Gasteiger partial charge in [0.25, 0.3) is 0 Å². The molecule has 190 valence electrons. The van der Waals surface area contributed by atoms with Gasteiger partial charge in [-0.2, -0.15) is 0 Å². The lowest BCUT2D eigenvalue weighted by Crippen LogP contribution is -2.29. The maximum atomic E-state index is 12.7. The minimum atomic E-state index is -0.860. The molecule has 1 amide bonds. The highest BCUT2D eigenvalue weighted by Gasteiger charge is 2.32. The number of thiazole rings is 1. The van der Waals surface area contributed by atoms with Crippen molar-refractivity contribution >= 4 is 40.1 Å². The largest absolute Gasteiger partial charge is 0.499 e. The number of allylic oxidation sites excluding steroid dienone is 1. The molecule has 2 fully saturated rings. The number of amides is 1. The smallest absolute Gasteiger partial charge is 0.313 e. The van der Waals surface area contributed by atoms with Crippen LogP contribution in [0.3, 0.4) is 0 Å². The second kappa shape index (κ2) is 14.7. The molecule has 0 bridgehead atoms. The van der Waals surface area contributed by atoms with E-state index in [9.17, 15) is 9.59 Å². The van der Waals surface area contributed by atoms with Crippen LogP contribution in [0.2, 0.25) is 0 Å². The summed E-state index contributed by atoms with van der Waals surface area (Å²) in [5, 5.41) is 12.3. The summed E-state index contributed by atoms with van der Waals surface area (Å²) >= 11 is 2.56. The molecule has 0 saturated heterocycles. The van der Waals surface area contributed by atoms with Gasteiger partial charge in [-0.3, -0.25) is 9.59 Å². The lowest BCUT2D eigenvalue weighted by molar-refractivity contribution is -0.133. The van der Waals surface area contributed by atoms with Crippen molar-refractivity contribution in [3.8, 4) is 0 Å². The van der Waals surface area contributed by atoms with Crippen LogP contribution in [0.5, 0.6) is 0 Å². The molecule has 0 spiro atoms. The van der Waals surface area contributed by atoms with Crippen molar-refractivity contribution in [1.29, 1.82) is 0 Å². The third-order valence-electron chi connectivity index (χ3n) is 6.96. The van der Waals surface area contributed by atoms with Crippen LogP contribution in [0.1, 0.15) is 70.6 Å². The zero-order chi connectivity index (χ0) is 24.2. The number of nitrogens with zero attached hydrogens (tertiary/aromatic N) is 1. The highest BCUT2D eigenvalue weighted by atomic mass is 32.2. The summed E-state index contributed by atoms with van der Waals surface area (Å²) in [5.74, 6) is 1.14. The van der Waals surface area contributed by atoms with Gasteiger partial charge in [-0.25, -0.2) is 4.98 Å². The summed E-state index contributed by atoms with van der Waals surface area (Å²) in [6, 6.07) is 0. The molecule has 2 N–H and O–H groups in total. The van der Waals surface area contributed by atoms with Crippen LogP contribution in [-0.4, -0.2) is 48.0 Å². The number of hydrogen-bond acceptors (Lipinski definition) is 7. The summed E-state index contributed by atoms with van der Waals surface area (Å²) < 4.78 is 11.5. The number of carbonyl (C=O) groups excluding carboxylic acids is 1. The molecule has 1 aromatic heterocycles. The Balaban J connectivity index is 1.50. The summed E-state index contributed by atoms with van der Waals surface area (Å²) in [6.07, 6.45) is 16.1. The fourth-order valence-corrected chi connectivity index (χ4v) is 6.89. The zero-order valence-corrected chi connectivity index (χ0v) is 21.8. The van der Waals surface area contributed by atoms with Gasteiger partial charge in [0.05, 0.1) is 29.0 Å². The highest BCUT2D eigenvalue weighted by molar-refractivity contribution is 8.01. The first-order valence-corrected chi connectivity index (χ1v) is 14.2. The predicted molar refractivity (Wildman–Crippen MR) is 136 cm³/mol. The first kappa shape index (κ1) is 27.0. The number of carboxylic acid groups (broad SMARTS) is 1. The molecule has 0 radical (unpaired) electrons. The third kappa shape index (κ3) is 9.23. The lowest BCUT2D eigenvalue weighted by atomic mass is 9.67. The fourth-order valence-electron chi connectivity index (χ4n) is 5.28. The SMILES string of the molecule is COCCOC=C1CCC(C(CCC(=O)Nc2ncc(SCC(=O)O)s2)C2CCCCC2)CC1. The number of aliphatic carboxylic acids is 1. The number of nitrogens with one attached hydrogen (secondary N) is 1. The van der Waals surface area contributed by atoms with Gasteiger partial charge in [0, 0.05) is 13.5 Å². The Kier molecular flexibility index (Phi) is 11.7. The third-order valence-corrected chi connectivity index (χ3v) is 9.05. The van der Waals surface area contributed by atoms with E-state index < -0.39 is 5.97 Å². The van der Waals surface area contributed by atoms with Crippen molar-refractivity contribution in [2.75, 3.05) is 31.4 Å². The van der Waals surface area contributed by atoms with Gasteiger partial charge >= 0.3 is 5.97 Å². The van der Waals surface area contributed by atoms with Crippen LogP contribution in [-0.2, 0) is 19.1 Å². The van der Waals surface area contributed by atoms with E-state index in [0.717, 1.165) is 29.4 Å². The number of anilines is 1. The molecule has 1 heterocycles. The average molecular weight is 511 g/mol. The standard InChI is InChI=1S/C25H38N2O5S2/c1-31-13-14-32-16-18-7-9-20(10-8-18)21(19-5-3-2-4-6-19)11-12-22(28)27-25-26-15-24(34-25)33-17-23(29)30/h15-16,19-21H,2-14,17H2,1H3,(H,29,30)(H,26,27,28). The number of thioether (sulfide) groups is 1. The number of ether oxygens (including phenoxy) is 2. The molecule has 0 aliphatic heterocycles. The van der Waals surface area contributed by atoms with Crippen LogP contribution in [0.15, 0.2) is 22.2 Å². The normalized spacial score (nSPS) is 20.0. The van der Waals surface area contributed by atoms with Crippen molar-refractivity contribution in [2.24, 2.45) is 17.8 Å². The summed E-state index contributed by atoms with van der Waals surface area (Å²) in [6.45, 7) is 1.21. The Morgan fingerprint density at radius 3 is 2.65 bits per heavy atom. The van der Waals surface area contributed by atoms with Gasteiger partial charge in [0.2, 0.25) is 5.91 Å². The molecule has 0 aromatic carbocycles. The predicted octanol–water partition coefficient (Wildman–Crippen LogP) is 5.97. The number of carbonyl (C=O) groups is 2. The van der Waals surface area contributed by atoms with Gasteiger partial charge < -0.3 is 19.9 Å². The summed E-state index contributed by atoms with van der Waals surface area (Å²) in [5.41, 5.74) is 1.40. The van der Waals surface area contributed by atoms with Crippen LogP contribution in [0.25, 0.3) is 0 Å². The topological polar surface area (TPSA) is 97.8 Å². The van der Waals surface area contributed by atoms with Crippen molar-refractivity contribution in [3.63, 3.8) is 0 Å². The molecule has 1 atom stereocenters. The first-order chi connectivity index (χ1) is 16.5. The van der Waals surface area contributed by atoms with E-state index in [1.807, 2.05) is 6.26 Å². The van der Waals surface area contributed by atoms with Gasteiger partial charge in [0.1, 0.15) is 6.61 Å². The van der Waals surface area contributed by atoms with Crippen molar-refractivity contribution in [3.05, 3.63) is 18.0 Å². The average Bonchev–Trinajstić information content (AvgIpc) is 3.29. The summed E-state index contributed by atoms with van der Waals surface area (Å²) in [7, 11) is 1.68. The minimum Gasteiger partial charge on any atom is -0.499 e. The van der Waals surface area contributed by atoms with Crippen LogP contribution >= 0.6 is 23.1 Å². The van der Waals surface area contributed by atoms with Crippen molar-refractivity contribution in [2.45, 2.75) is 74.8 Å². The lowest BCUT2D eigenvalue weighted by Gasteiger charge is -2.38. The van der Waals surface area contributed by atoms with Crippen molar-refractivity contribution in [1.82, 2.24) is 4.98 Å². The van der Waals surface area contributed by atoms with Gasteiger partial charge in [-0.1, -0.05) is 43.4 Å². The number of carboxylic acids is 1. The Morgan fingerprint density at radius 1 is 1.21 bits per heavy atom. The number of hydrogen-bond donors (Lipinski definition) is 2. The molecule has 9 heteroatoms. The Morgan fingerprint density at radius 2 is 1.94 bits per heavy atom. The summed E-state index contributed by atoms with van der Waals surface area (Å²) in [4.78, 5) is 27.7. The number of rotatable bonds is 13. The molecule has 1 unspecified atom stereocenters. The Labute approximate surface area is 211 Å². The molecule has 1 aromatic rings. The van der Waals surface area contributed by atoms with E-state index in [1.165, 1.54) is 73.6 Å². The van der Waals surface area contributed by atoms with Crippen LogP contribution < -0.4 is 5.32 Å². The maximum Gasteiger partial charge on any atom is 0.313 e. The Bertz CT molecular complexity index is 797. The quantitative estimate of drug-likeness (QED) is 0.192. The van der Waals surface area contributed by atoms with Crippen LogP contribution in [0, 0.1) is 17.8 Å². The van der Waals surface area contributed by atoms with E-state index in [2.05, 4.69) is 10.3 Å². The molecule has 2 aliphatic rings. The Hall–Kier alpha value is -1.58.